The first-order valence-corrected chi connectivity index (χ1v) is 6.85. The average molecular weight is 298 g/mol. The molecule has 0 atom stereocenters. The molecule has 0 aliphatic rings. The summed E-state index contributed by atoms with van der Waals surface area (Å²) in [5.74, 6) is -0.377. The van der Waals surface area contributed by atoms with E-state index in [1.807, 2.05) is 32.0 Å². The maximum atomic E-state index is 11.8. The summed E-state index contributed by atoms with van der Waals surface area (Å²) in [6.07, 6.45) is 1.56. The largest absolute Gasteiger partial charge is 0.508 e. The highest BCUT2D eigenvalue weighted by atomic mass is 16.3. The van der Waals surface area contributed by atoms with Crippen LogP contribution in [0.4, 0.5) is 0 Å². The Morgan fingerprint density at radius 1 is 1.14 bits per heavy atom. The van der Waals surface area contributed by atoms with E-state index in [0.29, 0.717) is 5.56 Å². The van der Waals surface area contributed by atoms with Crippen LogP contribution >= 0.6 is 0 Å². The van der Waals surface area contributed by atoms with Crippen molar-refractivity contribution >= 4 is 12.1 Å². The summed E-state index contributed by atoms with van der Waals surface area (Å²) < 4.78 is 0. The number of aromatic hydroxyl groups is 2. The van der Waals surface area contributed by atoms with Crippen LogP contribution in [0, 0.1) is 13.8 Å². The molecule has 0 fully saturated rings. The van der Waals surface area contributed by atoms with Gasteiger partial charge in [0.2, 0.25) is 5.91 Å². The van der Waals surface area contributed by atoms with Crippen LogP contribution in [0.5, 0.6) is 11.5 Å². The van der Waals surface area contributed by atoms with Crippen molar-refractivity contribution in [1.82, 2.24) is 5.43 Å². The van der Waals surface area contributed by atoms with E-state index < -0.39 is 0 Å². The fourth-order valence-electron chi connectivity index (χ4n) is 1.95. The summed E-state index contributed by atoms with van der Waals surface area (Å²) >= 11 is 0. The topological polar surface area (TPSA) is 81.9 Å². The quantitative estimate of drug-likeness (QED) is 0.599. The van der Waals surface area contributed by atoms with Gasteiger partial charge in [-0.1, -0.05) is 18.2 Å². The molecule has 0 aliphatic heterocycles. The summed E-state index contributed by atoms with van der Waals surface area (Å²) in [7, 11) is 0. The first-order valence-electron chi connectivity index (χ1n) is 6.85. The molecule has 0 aromatic heterocycles. The smallest absolute Gasteiger partial charge is 0.244 e. The molecule has 0 heterocycles. The zero-order valence-electron chi connectivity index (χ0n) is 12.5. The van der Waals surface area contributed by atoms with Crippen LogP contribution in [-0.4, -0.2) is 22.3 Å². The van der Waals surface area contributed by atoms with Gasteiger partial charge in [-0.2, -0.15) is 5.10 Å². The van der Waals surface area contributed by atoms with E-state index in [-0.39, 0.29) is 23.8 Å². The van der Waals surface area contributed by atoms with Gasteiger partial charge in [0, 0.05) is 11.6 Å². The average Bonchev–Trinajstić information content (AvgIpc) is 2.45. The predicted octanol–water partition coefficient (Wildman–Crippen LogP) is 2.41. The minimum atomic E-state index is -0.238. The third-order valence-corrected chi connectivity index (χ3v) is 3.34. The zero-order chi connectivity index (χ0) is 16.1. The van der Waals surface area contributed by atoms with Crippen LogP contribution in [0.2, 0.25) is 0 Å². The van der Waals surface area contributed by atoms with Crippen molar-refractivity contribution in [2.75, 3.05) is 0 Å². The number of aryl methyl sites for hydroxylation is 2. The second-order valence-electron chi connectivity index (χ2n) is 5.13. The van der Waals surface area contributed by atoms with E-state index in [0.717, 1.165) is 11.1 Å². The number of benzene rings is 2. The van der Waals surface area contributed by atoms with Crippen LogP contribution in [-0.2, 0) is 11.2 Å². The van der Waals surface area contributed by atoms with Crippen molar-refractivity contribution in [3.63, 3.8) is 0 Å². The molecule has 0 spiro atoms. The van der Waals surface area contributed by atoms with Gasteiger partial charge in [0.05, 0.1) is 12.6 Å². The number of rotatable bonds is 4. The van der Waals surface area contributed by atoms with Crippen LogP contribution in [0.25, 0.3) is 0 Å². The Labute approximate surface area is 128 Å². The van der Waals surface area contributed by atoms with Gasteiger partial charge < -0.3 is 10.2 Å². The molecule has 0 saturated heterocycles. The maximum absolute atomic E-state index is 11.8. The van der Waals surface area contributed by atoms with Gasteiger partial charge in [0.15, 0.2) is 0 Å². The maximum Gasteiger partial charge on any atom is 0.244 e. The minimum Gasteiger partial charge on any atom is -0.508 e. The first-order chi connectivity index (χ1) is 10.5. The van der Waals surface area contributed by atoms with E-state index >= 15 is 0 Å². The highest BCUT2D eigenvalue weighted by molar-refractivity contribution is 5.85. The lowest BCUT2D eigenvalue weighted by molar-refractivity contribution is -0.120. The van der Waals surface area contributed by atoms with Crippen molar-refractivity contribution in [3.8, 4) is 11.5 Å². The van der Waals surface area contributed by atoms with Gasteiger partial charge in [0.25, 0.3) is 0 Å². The van der Waals surface area contributed by atoms with E-state index in [1.54, 1.807) is 0 Å². The van der Waals surface area contributed by atoms with E-state index in [2.05, 4.69) is 10.5 Å². The molecule has 3 N–H and O–H groups in total. The molecule has 1 amide bonds. The molecule has 0 radical (unpaired) electrons. The Morgan fingerprint density at radius 2 is 1.91 bits per heavy atom. The molecular weight excluding hydrogens is 280 g/mol. The third kappa shape index (κ3) is 4.09. The van der Waals surface area contributed by atoms with E-state index in [9.17, 15) is 15.0 Å². The predicted molar refractivity (Wildman–Crippen MR) is 85.1 cm³/mol. The zero-order valence-corrected chi connectivity index (χ0v) is 12.5. The Morgan fingerprint density at radius 3 is 2.59 bits per heavy atom. The summed E-state index contributed by atoms with van der Waals surface area (Å²) in [6, 6.07) is 10.0. The molecule has 22 heavy (non-hydrogen) atoms. The third-order valence-electron chi connectivity index (χ3n) is 3.34. The van der Waals surface area contributed by atoms with Gasteiger partial charge in [-0.3, -0.25) is 4.79 Å². The Kier molecular flexibility index (Phi) is 4.78. The Hall–Kier alpha value is -2.82. The first kappa shape index (κ1) is 15.6. The monoisotopic (exact) mass is 298 g/mol. The molecule has 5 heteroatoms. The van der Waals surface area contributed by atoms with Gasteiger partial charge in [-0.15, -0.1) is 0 Å². The van der Waals surface area contributed by atoms with Gasteiger partial charge >= 0.3 is 0 Å². The molecule has 114 valence electrons. The van der Waals surface area contributed by atoms with Gasteiger partial charge in [-0.25, -0.2) is 5.43 Å². The van der Waals surface area contributed by atoms with Crippen molar-refractivity contribution in [2.45, 2.75) is 20.3 Å². The molecule has 0 bridgehead atoms. The number of phenols is 2. The summed E-state index contributed by atoms with van der Waals surface area (Å²) in [5.41, 5.74) is 6.07. The van der Waals surface area contributed by atoms with Crippen molar-refractivity contribution < 1.29 is 15.0 Å². The number of nitrogens with one attached hydrogen (secondary N) is 1. The van der Waals surface area contributed by atoms with Crippen LogP contribution < -0.4 is 5.43 Å². The minimum absolute atomic E-state index is 0.0339. The molecule has 0 aliphatic carbocycles. The van der Waals surface area contributed by atoms with Gasteiger partial charge in [-0.05, 0) is 42.7 Å². The molecular formula is C17H18N2O3. The Balaban J connectivity index is 1.94. The highest BCUT2D eigenvalue weighted by Crippen LogP contribution is 2.20. The second kappa shape index (κ2) is 6.76. The number of amides is 1. The summed E-state index contributed by atoms with van der Waals surface area (Å²) in [5, 5.41) is 22.6. The van der Waals surface area contributed by atoms with E-state index in [4.69, 9.17) is 0 Å². The molecule has 2 aromatic carbocycles. The van der Waals surface area contributed by atoms with Crippen LogP contribution in [0.1, 0.15) is 22.3 Å². The molecule has 5 nitrogen and oxygen atoms in total. The number of carbonyl (C=O) groups excluding carboxylic acids is 1. The lowest BCUT2D eigenvalue weighted by atomic mass is 10.0. The van der Waals surface area contributed by atoms with Crippen LogP contribution in [0.3, 0.4) is 0 Å². The lowest BCUT2D eigenvalue weighted by Gasteiger charge is -2.04. The fourth-order valence-corrected chi connectivity index (χ4v) is 1.95. The van der Waals surface area contributed by atoms with Crippen molar-refractivity contribution in [1.29, 1.82) is 0 Å². The standard InChI is InChI=1S/C17H18N2O3/c1-11-3-4-13(7-12(11)2)8-17(22)19-18-10-14-5-6-15(20)9-16(14)21/h3-7,9-10,20-21H,8H2,1-2H3,(H,19,22)/b18-10-. The normalized spacial score (nSPS) is 10.8. The van der Waals surface area contributed by atoms with E-state index in [1.165, 1.54) is 30.0 Å². The number of phenolic OH excluding ortho intramolecular Hbond substituents is 2. The highest BCUT2D eigenvalue weighted by Gasteiger charge is 2.04. The second-order valence-corrected chi connectivity index (χ2v) is 5.13. The van der Waals surface area contributed by atoms with Gasteiger partial charge in [0.1, 0.15) is 11.5 Å². The SMILES string of the molecule is Cc1ccc(CC(=O)N/N=C\c2ccc(O)cc2O)cc1C. The Bertz CT molecular complexity index is 724. The number of nitrogens with zero attached hydrogens (tertiary/aromatic N) is 1. The molecule has 2 aromatic rings. The molecule has 0 unspecified atom stereocenters. The summed E-state index contributed by atoms with van der Waals surface area (Å²) in [4.78, 5) is 11.8. The van der Waals surface area contributed by atoms with Crippen LogP contribution in [0.15, 0.2) is 41.5 Å². The summed E-state index contributed by atoms with van der Waals surface area (Å²) in [6.45, 7) is 4.02. The molecule has 0 saturated carbocycles. The number of hydrogen-bond donors (Lipinski definition) is 3. The van der Waals surface area contributed by atoms with Crippen molar-refractivity contribution in [2.24, 2.45) is 5.10 Å². The van der Waals surface area contributed by atoms with Crippen molar-refractivity contribution in [3.05, 3.63) is 58.7 Å². The molecule has 2 rings (SSSR count). The fraction of sp³-hybridized carbons (Fsp3) is 0.176. The lowest BCUT2D eigenvalue weighted by Crippen LogP contribution is -2.19. The number of hydrazone groups is 1. The number of hydrogen-bond acceptors (Lipinski definition) is 4. The number of carbonyl (C=O) groups is 1.